The van der Waals surface area contributed by atoms with Gasteiger partial charge in [0.1, 0.15) is 12.6 Å². The van der Waals surface area contributed by atoms with Crippen molar-refractivity contribution in [1.29, 1.82) is 0 Å². The first-order valence-electron chi connectivity index (χ1n) is 12.8. The Morgan fingerprint density at radius 2 is 1.62 bits per heavy atom. The lowest BCUT2D eigenvalue weighted by atomic mass is 10.0. The molecule has 3 rings (SSSR count). The third-order valence-corrected chi connectivity index (χ3v) is 7.71. The number of nitrogens with one attached hydrogen (secondary N) is 1. The average molecular weight is 570 g/mol. The highest BCUT2D eigenvalue weighted by molar-refractivity contribution is 7.92. The maximum Gasteiger partial charge on any atom is 0.244 e. The van der Waals surface area contributed by atoms with Crippen LogP contribution in [-0.2, 0) is 32.6 Å². The number of rotatable bonds is 12. The van der Waals surface area contributed by atoms with Gasteiger partial charge in [0.15, 0.2) is 0 Å². The molecule has 3 aromatic carbocycles. The molecule has 0 aromatic heterocycles. The van der Waals surface area contributed by atoms with Crippen LogP contribution in [0.1, 0.15) is 30.5 Å². The molecule has 0 fully saturated rings. The van der Waals surface area contributed by atoms with Crippen molar-refractivity contribution in [3.63, 3.8) is 0 Å². The van der Waals surface area contributed by atoms with E-state index in [2.05, 4.69) is 5.32 Å². The lowest BCUT2D eigenvalue weighted by Crippen LogP contribution is -2.53. The largest absolute Gasteiger partial charge is 0.354 e. The molecule has 39 heavy (non-hydrogen) atoms. The summed E-state index contributed by atoms with van der Waals surface area (Å²) in [5.74, 6) is -0.567. The second-order valence-corrected chi connectivity index (χ2v) is 12.4. The van der Waals surface area contributed by atoms with Gasteiger partial charge in [0.25, 0.3) is 0 Å². The molecule has 7 nitrogen and oxygen atoms in total. The van der Waals surface area contributed by atoms with Gasteiger partial charge < -0.3 is 10.2 Å². The summed E-state index contributed by atoms with van der Waals surface area (Å²) in [5.41, 5.74) is 3.00. The van der Waals surface area contributed by atoms with Gasteiger partial charge in [0, 0.05) is 24.5 Å². The standard InChI is InChI=1S/C30H36ClN3O4S/c1-22(2)19-32-30(36)28(17-24-12-6-5-7-13-24)33(20-25-14-9-8-11-23(25)3)29(35)21-34(39(4,37)38)27-16-10-15-26(31)18-27/h5-16,18,22,28H,17,19-21H2,1-4H3,(H,32,36). The molecule has 0 aliphatic rings. The fraction of sp³-hybridized carbons (Fsp3) is 0.333. The first kappa shape index (κ1) is 30.2. The molecule has 1 atom stereocenters. The zero-order chi connectivity index (χ0) is 28.6. The van der Waals surface area contributed by atoms with Crippen LogP contribution in [-0.4, -0.2) is 50.5 Å². The number of aryl methyl sites for hydroxylation is 1. The summed E-state index contributed by atoms with van der Waals surface area (Å²) in [5, 5.41) is 3.33. The normalized spacial score (nSPS) is 12.2. The SMILES string of the molecule is Cc1ccccc1CN(C(=O)CN(c1cccc(Cl)c1)S(C)(=O)=O)C(Cc1ccccc1)C(=O)NCC(C)C. The summed E-state index contributed by atoms with van der Waals surface area (Å²) in [7, 11) is -3.84. The van der Waals surface area contributed by atoms with E-state index in [0.29, 0.717) is 11.6 Å². The smallest absolute Gasteiger partial charge is 0.244 e. The molecule has 0 aliphatic carbocycles. The molecule has 208 valence electrons. The van der Waals surface area contributed by atoms with Gasteiger partial charge >= 0.3 is 0 Å². The Bertz CT molecular complexity index is 1380. The van der Waals surface area contributed by atoms with Crippen molar-refractivity contribution in [1.82, 2.24) is 10.2 Å². The minimum Gasteiger partial charge on any atom is -0.354 e. The fourth-order valence-corrected chi connectivity index (χ4v) is 5.22. The Kier molecular flexibility index (Phi) is 10.5. The van der Waals surface area contributed by atoms with E-state index >= 15 is 0 Å². The van der Waals surface area contributed by atoms with E-state index in [-0.39, 0.29) is 30.5 Å². The topological polar surface area (TPSA) is 86.8 Å². The first-order chi connectivity index (χ1) is 18.5. The summed E-state index contributed by atoms with van der Waals surface area (Å²) in [6, 6.07) is 22.6. The number of carbonyl (C=O) groups excluding carboxylic acids is 2. The zero-order valence-corrected chi connectivity index (χ0v) is 24.4. The van der Waals surface area contributed by atoms with Crippen LogP contribution in [0.15, 0.2) is 78.9 Å². The monoisotopic (exact) mass is 569 g/mol. The third-order valence-electron chi connectivity index (χ3n) is 6.33. The summed E-state index contributed by atoms with van der Waals surface area (Å²) >= 11 is 6.14. The van der Waals surface area contributed by atoms with Crippen LogP contribution >= 0.6 is 11.6 Å². The quantitative estimate of drug-likeness (QED) is 0.338. The number of sulfonamides is 1. The lowest BCUT2D eigenvalue weighted by Gasteiger charge is -2.34. The molecule has 9 heteroatoms. The van der Waals surface area contributed by atoms with Gasteiger partial charge in [0.2, 0.25) is 21.8 Å². The average Bonchev–Trinajstić information content (AvgIpc) is 2.88. The molecule has 1 unspecified atom stereocenters. The molecule has 3 aromatic rings. The molecule has 2 amide bonds. The minimum absolute atomic E-state index is 0.144. The first-order valence-corrected chi connectivity index (χ1v) is 15.1. The molecular weight excluding hydrogens is 534 g/mol. The molecule has 0 spiro atoms. The van der Waals surface area contributed by atoms with Crippen LogP contribution in [0.3, 0.4) is 0 Å². The van der Waals surface area contributed by atoms with Crippen molar-refractivity contribution in [2.24, 2.45) is 5.92 Å². The van der Waals surface area contributed by atoms with E-state index in [1.54, 1.807) is 18.2 Å². The van der Waals surface area contributed by atoms with Crippen molar-refractivity contribution in [3.05, 3.63) is 101 Å². The molecule has 0 saturated carbocycles. The molecular formula is C30H36ClN3O4S. The van der Waals surface area contributed by atoms with E-state index in [0.717, 1.165) is 27.3 Å². The predicted octanol–water partition coefficient (Wildman–Crippen LogP) is 4.83. The van der Waals surface area contributed by atoms with Gasteiger partial charge in [-0.2, -0.15) is 0 Å². The third kappa shape index (κ3) is 8.83. The van der Waals surface area contributed by atoms with E-state index < -0.39 is 28.5 Å². The number of halogens is 1. The number of benzene rings is 3. The molecule has 1 N–H and O–H groups in total. The Morgan fingerprint density at radius 3 is 2.23 bits per heavy atom. The molecule has 0 bridgehead atoms. The Balaban J connectivity index is 2.06. The number of hydrogen-bond acceptors (Lipinski definition) is 4. The fourth-order valence-electron chi connectivity index (χ4n) is 4.19. The van der Waals surface area contributed by atoms with E-state index in [9.17, 15) is 18.0 Å². The minimum atomic E-state index is -3.84. The number of hydrogen-bond donors (Lipinski definition) is 1. The second kappa shape index (κ2) is 13.6. The predicted molar refractivity (Wildman–Crippen MR) is 157 cm³/mol. The number of anilines is 1. The van der Waals surface area contributed by atoms with Crippen molar-refractivity contribution < 1.29 is 18.0 Å². The Labute approximate surface area is 236 Å². The van der Waals surface area contributed by atoms with E-state index in [1.807, 2.05) is 75.4 Å². The van der Waals surface area contributed by atoms with Crippen LogP contribution in [0.5, 0.6) is 0 Å². The number of nitrogens with zero attached hydrogens (tertiary/aromatic N) is 2. The summed E-state index contributed by atoms with van der Waals surface area (Å²) in [6.07, 6.45) is 1.32. The van der Waals surface area contributed by atoms with Crippen molar-refractivity contribution in [2.75, 3.05) is 23.7 Å². The maximum atomic E-state index is 14.1. The molecule has 0 saturated heterocycles. The summed E-state index contributed by atoms with van der Waals surface area (Å²) in [6.45, 7) is 6.06. The van der Waals surface area contributed by atoms with Gasteiger partial charge in [-0.1, -0.05) is 86.1 Å². The van der Waals surface area contributed by atoms with Gasteiger partial charge in [-0.25, -0.2) is 8.42 Å². The number of carbonyl (C=O) groups is 2. The van der Waals surface area contributed by atoms with Crippen molar-refractivity contribution in [3.8, 4) is 0 Å². The van der Waals surface area contributed by atoms with Crippen molar-refractivity contribution in [2.45, 2.75) is 39.8 Å². The van der Waals surface area contributed by atoms with Crippen LogP contribution < -0.4 is 9.62 Å². The highest BCUT2D eigenvalue weighted by atomic mass is 35.5. The molecule has 0 aliphatic heterocycles. The zero-order valence-electron chi connectivity index (χ0n) is 22.8. The Hall–Kier alpha value is -3.36. The summed E-state index contributed by atoms with van der Waals surface area (Å²) in [4.78, 5) is 29.2. The highest BCUT2D eigenvalue weighted by Crippen LogP contribution is 2.23. The van der Waals surface area contributed by atoms with Gasteiger partial charge in [-0.05, 0) is 47.7 Å². The van der Waals surface area contributed by atoms with Gasteiger partial charge in [-0.3, -0.25) is 13.9 Å². The second-order valence-electron chi connectivity index (χ2n) is 10.0. The summed E-state index contributed by atoms with van der Waals surface area (Å²) < 4.78 is 26.7. The van der Waals surface area contributed by atoms with Crippen LogP contribution in [0.4, 0.5) is 5.69 Å². The molecule has 0 heterocycles. The lowest BCUT2D eigenvalue weighted by molar-refractivity contribution is -0.140. The van der Waals surface area contributed by atoms with E-state index in [1.165, 1.54) is 11.0 Å². The van der Waals surface area contributed by atoms with E-state index in [4.69, 9.17) is 11.6 Å². The van der Waals surface area contributed by atoms with Crippen LogP contribution in [0, 0.1) is 12.8 Å². The van der Waals surface area contributed by atoms with Crippen LogP contribution in [0.25, 0.3) is 0 Å². The van der Waals surface area contributed by atoms with Gasteiger partial charge in [0.05, 0.1) is 11.9 Å². The van der Waals surface area contributed by atoms with Gasteiger partial charge in [-0.15, -0.1) is 0 Å². The highest BCUT2D eigenvalue weighted by Gasteiger charge is 2.33. The maximum absolute atomic E-state index is 14.1. The number of amides is 2. The van der Waals surface area contributed by atoms with Crippen molar-refractivity contribution >= 4 is 39.1 Å². The molecule has 0 radical (unpaired) electrons. The van der Waals surface area contributed by atoms with Crippen LogP contribution in [0.2, 0.25) is 5.02 Å². The Morgan fingerprint density at radius 1 is 0.949 bits per heavy atom.